The number of nitrogens with zero attached hydrogens (tertiary/aromatic N) is 3. The minimum Gasteiger partial charge on any atom is -0.456 e. The first-order valence-corrected chi connectivity index (χ1v) is 12.2. The van der Waals surface area contributed by atoms with E-state index in [4.69, 9.17) is 30.8 Å². The molecule has 0 bridgehead atoms. The van der Waals surface area contributed by atoms with Gasteiger partial charge in [0.2, 0.25) is 0 Å². The number of rotatable bonds is 5. The highest BCUT2D eigenvalue weighted by Gasteiger charge is 2.43. The Kier molecular flexibility index (Phi) is 5.31. The van der Waals surface area contributed by atoms with Gasteiger partial charge in [0.1, 0.15) is 6.10 Å². The van der Waals surface area contributed by atoms with Crippen LogP contribution in [0.2, 0.25) is 5.02 Å². The van der Waals surface area contributed by atoms with E-state index in [9.17, 15) is 4.79 Å². The quantitative estimate of drug-likeness (QED) is 0.354. The second kappa shape index (κ2) is 8.84. The highest BCUT2D eigenvalue weighted by atomic mass is 35.5. The van der Waals surface area contributed by atoms with Crippen LogP contribution >= 0.6 is 11.6 Å². The Labute approximate surface area is 214 Å². The van der Waals surface area contributed by atoms with E-state index in [0.717, 1.165) is 28.7 Å². The molecule has 5 heterocycles. The van der Waals surface area contributed by atoms with E-state index >= 15 is 0 Å². The van der Waals surface area contributed by atoms with E-state index in [1.165, 1.54) is 0 Å². The molecular weight excluding hydrogens is 498 g/mol. The van der Waals surface area contributed by atoms with Gasteiger partial charge in [0.05, 0.1) is 28.9 Å². The summed E-state index contributed by atoms with van der Waals surface area (Å²) < 4.78 is 22.1. The molecule has 2 N–H and O–H groups in total. The van der Waals surface area contributed by atoms with Crippen molar-refractivity contribution in [2.45, 2.75) is 24.7 Å². The van der Waals surface area contributed by atoms with E-state index in [0.29, 0.717) is 46.9 Å². The standard InChI is InChI=1S/C26H20ClN5O5/c27-17-11-18-24(30-25(28-18)36-20-12-35-19-9-10-34-22(19)20)29-21(17)15-5-1-13(2-6-15)14-3-7-16(8-4-14)23-31-26(33)37-32-23/h1-8,11,19-20,22H,9-10,12H2,(H,28,29,30)(H,31,32,33)/t19-,20?,22+/m1/s1. The molecule has 5 aromatic rings. The molecule has 2 fully saturated rings. The maximum Gasteiger partial charge on any atom is 0.439 e. The van der Waals surface area contributed by atoms with Crippen LogP contribution in [0.15, 0.2) is 63.9 Å². The van der Waals surface area contributed by atoms with Crippen molar-refractivity contribution in [3.05, 3.63) is 70.2 Å². The minimum absolute atomic E-state index is 0.0682. The van der Waals surface area contributed by atoms with Gasteiger partial charge in [-0.1, -0.05) is 65.3 Å². The number of halogens is 1. The molecule has 2 aromatic carbocycles. The lowest BCUT2D eigenvalue weighted by molar-refractivity contribution is 0.0273. The summed E-state index contributed by atoms with van der Waals surface area (Å²) in [4.78, 5) is 26.1. The minimum atomic E-state index is -0.584. The number of fused-ring (bicyclic) bond motifs is 2. The van der Waals surface area contributed by atoms with Crippen molar-refractivity contribution < 1.29 is 18.7 Å². The van der Waals surface area contributed by atoms with Crippen LogP contribution in [0.4, 0.5) is 0 Å². The second-order valence-electron chi connectivity index (χ2n) is 8.98. The van der Waals surface area contributed by atoms with Gasteiger partial charge in [0.25, 0.3) is 6.01 Å². The van der Waals surface area contributed by atoms with Crippen molar-refractivity contribution in [2.75, 3.05) is 13.2 Å². The van der Waals surface area contributed by atoms with E-state index in [-0.39, 0.29) is 18.3 Å². The molecule has 0 amide bonds. The predicted molar refractivity (Wildman–Crippen MR) is 134 cm³/mol. The van der Waals surface area contributed by atoms with Crippen LogP contribution in [-0.2, 0) is 9.47 Å². The Morgan fingerprint density at radius 1 is 0.919 bits per heavy atom. The van der Waals surface area contributed by atoms with Crippen molar-refractivity contribution in [1.82, 2.24) is 25.1 Å². The number of H-pyrrole nitrogens is 2. The van der Waals surface area contributed by atoms with Crippen molar-refractivity contribution in [1.29, 1.82) is 0 Å². The maximum atomic E-state index is 11.2. The van der Waals surface area contributed by atoms with E-state index in [1.807, 2.05) is 48.5 Å². The fourth-order valence-electron chi connectivity index (χ4n) is 4.82. The van der Waals surface area contributed by atoms with E-state index < -0.39 is 5.76 Å². The number of hydrogen-bond donors (Lipinski definition) is 2. The number of aromatic amines is 2. The number of ether oxygens (including phenoxy) is 3. The lowest BCUT2D eigenvalue weighted by Gasteiger charge is -2.15. The molecule has 37 heavy (non-hydrogen) atoms. The molecule has 3 aromatic heterocycles. The number of imidazole rings is 1. The topological polar surface area (TPSA) is 128 Å². The fraction of sp³-hybridized carbons (Fsp3) is 0.231. The first kappa shape index (κ1) is 22.2. The van der Waals surface area contributed by atoms with Crippen LogP contribution in [-0.4, -0.2) is 56.6 Å². The third-order valence-corrected chi connectivity index (χ3v) is 6.97. The molecule has 186 valence electrons. The zero-order valence-corrected chi connectivity index (χ0v) is 20.1. The summed E-state index contributed by atoms with van der Waals surface area (Å²) >= 11 is 6.59. The number of benzene rings is 2. The largest absolute Gasteiger partial charge is 0.456 e. The van der Waals surface area contributed by atoms with Crippen LogP contribution in [0.25, 0.3) is 44.9 Å². The summed E-state index contributed by atoms with van der Waals surface area (Å²) in [5.41, 5.74) is 5.49. The molecular formula is C26H20ClN5O5. The average Bonchev–Trinajstić information content (AvgIpc) is 3.70. The van der Waals surface area contributed by atoms with Crippen LogP contribution in [0, 0.1) is 0 Å². The molecule has 0 radical (unpaired) electrons. The van der Waals surface area contributed by atoms with Crippen molar-refractivity contribution >= 4 is 22.8 Å². The highest BCUT2D eigenvalue weighted by Crippen LogP contribution is 2.33. The molecule has 2 saturated heterocycles. The maximum absolute atomic E-state index is 11.2. The number of pyridine rings is 1. The summed E-state index contributed by atoms with van der Waals surface area (Å²) in [6.45, 7) is 1.16. The first-order chi connectivity index (χ1) is 18.1. The van der Waals surface area contributed by atoms with Gasteiger partial charge in [-0.2, -0.15) is 4.98 Å². The lowest BCUT2D eigenvalue weighted by Crippen LogP contribution is -2.32. The summed E-state index contributed by atoms with van der Waals surface area (Å²) in [5, 5.41) is 4.22. The summed E-state index contributed by atoms with van der Waals surface area (Å²) in [6.07, 6.45) is 0.706. The van der Waals surface area contributed by atoms with Crippen LogP contribution in [0.5, 0.6) is 6.01 Å². The Hall–Kier alpha value is -3.99. The van der Waals surface area contributed by atoms with Crippen molar-refractivity contribution in [3.63, 3.8) is 0 Å². The molecule has 0 saturated carbocycles. The van der Waals surface area contributed by atoms with Crippen molar-refractivity contribution in [2.24, 2.45) is 0 Å². The number of aromatic nitrogens is 5. The number of nitrogens with one attached hydrogen (secondary N) is 2. The monoisotopic (exact) mass is 517 g/mol. The van der Waals surface area contributed by atoms with E-state index in [2.05, 4.69) is 24.6 Å². The molecule has 7 rings (SSSR count). The Balaban J connectivity index is 1.12. The molecule has 2 aliphatic rings. The SMILES string of the molecule is O=c1[nH]c(-c2ccc(-c3ccc(-c4nc5nc(OC6CO[C@@H]7CCO[C@H]67)[nH]c5cc4Cl)cc3)cc2)no1. The third-order valence-electron chi connectivity index (χ3n) is 6.68. The van der Waals surface area contributed by atoms with Gasteiger partial charge < -0.3 is 19.2 Å². The average molecular weight is 518 g/mol. The second-order valence-corrected chi connectivity index (χ2v) is 9.39. The molecule has 1 unspecified atom stereocenters. The molecule has 2 aliphatic heterocycles. The van der Waals surface area contributed by atoms with Crippen LogP contribution in [0.3, 0.4) is 0 Å². The molecule has 0 spiro atoms. The third kappa shape index (κ3) is 4.08. The summed E-state index contributed by atoms with van der Waals surface area (Å²) in [6, 6.07) is 17.8. The Morgan fingerprint density at radius 3 is 2.38 bits per heavy atom. The van der Waals surface area contributed by atoms with Gasteiger partial charge in [-0.15, -0.1) is 0 Å². The zero-order chi connectivity index (χ0) is 24.9. The highest BCUT2D eigenvalue weighted by molar-refractivity contribution is 6.33. The normalized spacial score (nSPS) is 20.9. The molecule has 3 atom stereocenters. The first-order valence-electron chi connectivity index (χ1n) is 11.8. The van der Waals surface area contributed by atoms with E-state index in [1.54, 1.807) is 6.07 Å². The van der Waals surface area contributed by atoms with Gasteiger partial charge in [0, 0.05) is 17.7 Å². The summed E-state index contributed by atoms with van der Waals surface area (Å²) in [7, 11) is 0. The van der Waals surface area contributed by atoms with Gasteiger partial charge in [0.15, 0.2) is 17.6 Å². The van der Waals surface area contributed by atoms with Crippen LogP contribution < -0.4 is 10.5 Å². The van der Waals surface area contributed by atoms with Gasteiger partial charge in [-0.05, 0) is 23.6 Å². The fourth-order valence-corrected chi connectivity index (χ4v) is 5.08. The molecule has 0 aliphatic carbocycles. The lowest BCUT2D eigenvalue weighted by atomic mass is 10.0. The predicted octanol–water partition coefficient (Wildman–Crippen LogP) is 4.22. The van der Waals surface area contributed by atoms with Gasteiger partial charge in [-0.25, -0.2) is 9.78 Å². The Morgan fingerprint density at radius 2 is 1.65 bits per heavy atom. The van der Waals surface area contributed by atoms with Crippen molar-refractivity contribution in [3.8, 4) is 39.8 Å². The van der Waals surface area contributed by atoms with Gasteiger partial charge in [-0.3, -0.25) is 9.51 Å². The Bertz CT molecular complexity index is 1640. The molecule has 10 nitrogen and oxygen atoms in total. The summed E-state index contributed by atoms with van der Waals surface area (Å²) in [5.74, 6) is -0.193. The van der Waals surface area contributed by atoms with Gasteiger partial charge >= 0.3 is 5.76 Å². The smallest absolute Gasteiger partial charge is 0.439 e. The number of hydrogen-bond acceptors (Lipinski definition) is 8. The molecule has 11 heteroatoms. The zero-order valence-electron chi connectivity index (χ0n) is 19.3. The van der Waals surface area contributed by atoms with Crippen LogP contribution in [0.1, 0.15) is 6.42 Å².